The summed E-state index contributed by atoms with van der Waals surface area (Å²) in [5.41, 5.74) is 2.01. The van der Waals surface area contributed by atoms with E-state index in [-0.39, 0.29) is 12.2 Å². The van der Waals surface area contributed by atoms with Crippen LogP contribution in [0.2, 0.25) is 0 Å². The Morgan fingerprint density at radius 3 is 2.10 bits per heavy atom. The normalized spacial score (nSPS) is 10.8. The summed E-state index contributed by atoms with van der Waals surface area (Å²) in [7, 11) is 0. The molecule has 0 aliphatic heterocycles. The Labute approximate surface area is 115 Å². The van der Waals surface area contributed by atoms with Crippen LogP contribution in [0.4, 0.5) is 4.39 Å². The first-order valence-corrected chi connectivity index (χ1v) is 6.02. The van der Waals surface area contributed by atoms with Crippen molar-refractivity contribution in [3.8, 4) is 23.0 Å². The van der Waals surface area contributed by atoms with Gasteiger partial charge in [-0.2, -0.15) is 0 Å². The van der Waals surface area contributed by atoms with E-state index in [1.807, 2.05) is 0 Å². The molecule has 106 valence electrons. The molecule has 0 saturated heterocycles. The first-order chi connectivity index (χ1) is 9.31. The van der Waals surface area contributed by atoms with Gasteiger partial charge < -0.3 is 20.4 Å². The van der Waals surface area contributed by atoms with Crippen LogP contribution in [0.5, 0.6) is 23.0 Å². The number of hydrogen-bond donors (Lipinski definition) is 4. The highest BCUT2D eigenvalue weighted by Crippen LogP contribution is 2.41. The van der Waals surface area contributed by atoms with Crippen molar-refractivity contribution in [1.82, 2.24) is 0 Å². The van der Waals surface area contributed by atoms with Crippen LogP contribution in [-0.2, 0) is 6.42 Å². The molecule has 4 nitrogen and oxygen atoms in total. The number of aromatic hydroxyl groups is 4. The molecular formula is C15H15FO4. The molecule has 0 unspecified atom stereocenters. The maximum absolute atomic E-state index is 13.4. The molecule has 0 amide bonds. The lowest BCUT2D eigenvalue weighted by molar-refractivity contribution is 0.363. The molecule has 0 aromatic heterocycles. The maximum Gasteiger partial charge on any atom is 0.200 e. The molecule has 0 atom stereocenters. The van der Waals surface area contributed by atoms with E-state index in [9.17, 15) is 24.8 Å². The van der Waals surface area contributed by atoms with Crippen molar-refractivity contribution in [2.45, 2.75) is 20.3 Å². The van der Waals surface area contributed by atoms with Crippen molar-refractivity contribution in [3.63, 3.8) is 0 Å². The molecule has 0 aliphatic carbocycles. The Kier molecular flexibility index (Phi) is 3.44. The predicted molar refractivity (Wildman–Crippen MR) is 71.8 cm³/mol. The SMILES string of the molecule is Cc1cc(O)c(F)cc1Cc1cc(C)c(O)c(O)c1O. The number of aryl methyl sites for hydroxylation is 2. The van der Waals surface area contributed by atoms with E-state index < -0.39 is 23.1 Å². The molecule has 0 fully saturated rings. The van der Waals surface area contributed by atoms with Gasteiger partial charge in [0.2, 0.25) is 5.75 Å². The van der Waals surface area contributed by atoms with Crippen LogP contribution in [0.25, 0.3) is 0 Å². The second-order valence-corrected chi connectivity index (χ2v) is 4.81. The van der Waals surface area contributed by atoms with E-state index >= 15 is 0 Å². The van der Waals surface area contributed by atoms with Gasteiger partial charge in [-0.25, -0.2) is 4.39 Å². The van der Waals surface area contributed by atoms with Crippen LogP contribution in [0.3, 0.4) is 0 Å². The number of hydrogen-bond acceptors (Lipinski definition) is 4. The Bertz CT molecular complexity index is 680. The highest BCUT2D eigenvalue weighted by molar-refractivity contribution is 5.58. The zero-order chi connectivity index (χ0) is 15.0. The number of benzene rings is 2. The third kappa shape index (κ3) is 2.34. The van der Waals surface area contributed by atoms with Gasteiger partial charge in [-0.15, -0.1) is 0 Å². The minimum atomic E-state index is -0.746. The summed E-state index contributed by atoms with van der Waals surface area (Å²) in [5.74, 6) is -2.57. The van der Waals surface area contributed by atoms with Crippen LogP contribution in [-0.4, -0.2) is 20.4 Å². The highest BCUT2D eigenvalue weighted by atomic mass is 19.1. The summed E-state index contributed by atoms with van der Waals surface area (Å²) >= 11 is 0. The molecule has 0 spiro atoms. The monoisotopic (exact) mass is 278 g/mol. The van der Waals surface area contributed by atoms with Gasteiger partial charge in [-0.1, -0.05) is 0 Å². The minimum Gasteiger partial charge on any atom is -0.505 e. The van der Waals surface area contributed by atoms with Crippen molar-refractivity contribution in [3.05, 3.63) is 46.3 Å². The molecule has 20 heavy (non-hydrogen) atoms. The summed E-state index contributed by atoms with van der Waals surface area (Å²) in [5, 5.41) is 38.2. The van der Waals surface area contributed by atoms with Gasteiger partial charge >= 0.3 is 0 Å². The fraction of sp³-hybridized carbons (Fsp3) is 0.200. The lowest BCUT2D eigenvalue weighted by atomic mass is 9.97. The van der Waals surface area contributed by atoms with E-state index in [4.69, 9.17) is 0 Å². The van der Waals surface area contributed by atoms with E-state index in [0.717, 1.165) is 0 Å². The van der Waals surface area contributed by atoms with Crippen LogP contribution in [0.1, 0.15) is 22.3 Å². The predicted octanol–water partition coefficient (Wildman–Crippen LogP) is 2.86. The molecule has 2 aromatic carbocycles. The molecule has 4 N–H and O–H groups in total. The summed E-state index contributed by atoms with van der Waals surface area (Å²) in [6.07, 6.45) is 0.170. The fourth-order valence-corrected chi connectivity index (χ4v) is 2.09. The largest absolute Gasteiger partial charge is 0.505 e. The summed E-state index contributed by atoms with van der Waals surface area (Å²) in [4.78, 5) is 0. The van der Waals surface area contributed by atoms with Crippen molar-refractivity contribution in [1.29, 1.82) is 0 Å². The number of halogens is 1. The highest BCUT2D eigenvalue weighted by Gasteiger charge is 2.16. The number of phenols is 4. The van der Waals surface area contributed by atoms with Crippen LogP contribution in [0, 0.1) is 19.7 Å². The first-order valence-electron chi connectivity index (χ1n) is 6.02. The zero-order valence-electron chi connectivity index (χ0n) is 11.1. The maximum atomic E-state index is 13.4. The quantitative estimate of drug-likeness (QED) is 0.637. The summed E-state index contributed by atoms with van der Waals surface area (Å²) in [6, 6.07) is 4.01. The van der Waals surface area contributed by atoms with E-state index in [1.54, 1.807) is 13.8 Å². The lowest BCUT2D eigenvalue weighted by Crippen LogP contribution is -1.95. The van der Waals surface area contributed by atoms with Crippen LogP contribution >= 0.6 is 0 Å². The summed E-state index contributed by atoms with van der Waals surface area (Å²) in [6.45, 7) is 3.29. The Morgan fingerprint density at radius 1 is 0.800 bits per heavy atom. The molecule has 0 saturated carbocycles. The van der Waals surface area contributed by atoms with E-state index in [2.05, 4.69) is 0 Å². The van der Waals surface area contributed by atoms with Gasteiger partial charge in [-0.3, -0.25) is 0 Å². The zero-order valence-corrected chi connectivity index (χ0v) is 11.1. The van der Waals surface area contributed by atoms with E-state index in [0.29, 0.717) is 22.3 Å². The smallest absolute Gasteiger partial charge is 0.200 e. The van der Waals surface area contributed by atoms with Gasteiger partial charge in [-0.05, 0) is 48.7 Å². The molecule has 0 bridgehead atoms. The molecular weight excluding hydrogens is 263 g/mol. The van der Waals surface area contributed by atoms with Crippen molar-refractivity contribution in [2.75, 3.05) is 0 Å². The Hall–Kier alpha value is -2.43. The van der Waals surface area contributed by atoms with Gasteiger partial charge in [0.05, 0.1) is 0 Å². The molecule has 0 aliphatic rings. The van der Waals surface area contributed by atoms with Gasteiger partial charge in [0, 0.05) is 12.0 Å². The molecule has 2 aromatic rings. The van der Waals surface area contributed by atoms with Crippen molar-refractivity contribution in [2.24, 2.45) is 0 Å². The van der Waals surface area contributed by atoms with Crippen molar-refractivity contribution < 1.29 is 24.8 Å². The molecule has 0 radical (unpaired) electrons. The second-order valence-electron chi connectivity index (χ2n) is 4.81. The topological polar surface area (TPSA) is 80.9 Å². The Balaban J connectivity index is 2.48. The van der Waals surface area contributed by atoms with Crippen LogP contribution < -0.4 is 0 Å². The average molecular weight is 278 g/mol. The number of phenolic OH excluding ortho intramolecular Hbond substituents is 4. The van der Waals surface area contributed by atoms with Crippen LogP contribution in [0.15, 0.2) is 18.2 Å². The fourth-order valence-electron chi connectivity index (χ4n) is 2.09. The molecule has 5 heteroatoms. The Morgan fingerprint density at radius 2 is 1.45 bits per heavy atom. The lowest BCUT2D eigenvalue weighted by Gasteiger charge is -2.12. The van der Waals surface area contributed by atoms with E-state index in [1.165, 1.54) is 18.2 Å². The molecule has 2 rings (SSSR count). The van der Waals surface area contributed by atoms with Gasteiger partial charge in [0.1, 0.15) is 0 Å². The second kappa shape index (κ2) is 4.92. The average Bonchev–Trinajstić information content (AvgIpc) is 2.39. The first kappa shape index (κ1) is 14.0. The van der Waals surface area contributed by atoms with Gasteiger partial charge in [0.25, 0.3) is 0 Å². The third-order valence-corrected chi connectivity index (χ3v) is 3.30. The minimum absolute atomic E-state index is 0.170. The summed E-state index contributed by atoms with van der Waals surface area (Å²) < 4.78 is 13.4. The standard InChI is InChI=1S/C15H15FO4/c1-7-4-12(17)11(16)6-9(7)5-10-3-8(2)13(18)15(20)14(10)19/h3-4,6,17-20H,5H2,1-2H3. The van der Waals surface area contributed by atoms with Gasteiger partial charge in [0.15, 0.2) is 23.1 Å². The number of rotatable bonds is 2. The van der Waals surface area contributed by atoms with Crippen molar-refractivity contribution >= 4 is 0 Å². The third-order valence-electron chi connectivity index (χ3n) is 3.30. The molecule has 0 heterocycles.